The van der Waals surface area contributed by atoms with Gasteiger partial charge in [0.2, 0.25) is 0 Å². The van der Waals surface area contributed by atoms with E-state index in [0.717, 1.165) is 24.3 Å². The summed E-state index contributed by atoms with van der Waals surface area (Å²) in [6.45, 7) is 0.632. The van der Waals surface area contributed by atoms with Crippen LogP contribution < -0.4 is 5.73 Å². The summed E-state index contributed by atoms with van der Waals surface area (Å²) >= 11 is 1.43. The Balaban J connectivity index is 2.64. The van der Waals surface area contributed by atoms with E-state index < -0.39 is 11.7 Å². The number of hydrogen-bond donors (Lipinski definition) is 1. The molecule has 0 unspecified atom stereocenters. The quantitative estimate of drug-likeness (QED) is 0.503. The molecule has 0 radical (unpaired) electrons. The lowest BCUT2D eigenvalue weighted by Crippen LogP contribution is -2.05. The Morgan fingerprint density at radius 1 is 1.35 bits per heavy atom. The highest BCUT2D eigenvalue weighted by Gasteiger charge is 2.30. The van der Waals surface area contributed by atoms with Crippen LogP contribution in [0.4, 0.5) is 18.9 Å². The molecule has 0 heterocycles. The minimum Gasteiger partial charge on any atom is -0.398 e. The minimum atomic E-state index is -4.34. The molecule has 0 saturated carbocycles. The molecule has 6 heteroatoms. The molecular formula is C11H14F3NOS. The number of nitrogen functional groups attached to an aromatic ring is 1. The third-order valence-corrected chi connectivity index (χ3v) is 3.26. The van der Waals surface area contributed by atoms with Gasteiger partial charge in [-0.1, -0.05) is 0 Å². The Morgan fingerprint density at radius 3 is 2.59 bits per heavy atom. The number of ether oxygens (including phenoxy) is 1. The van der Waals surface area contributed by atoms with Gasteiger partial charge in [-0.05, 0) is 24.6 Å². The van der Waals surface area contributed by atoms with E-state index in [1.807, 2.05) is 0 Å². The monoisotopic (exact) mass is 265 g/mol. The summed E-state index contributed by atoms with van der Waals surface area (Å²) in [5, 5.41) is 0. The van der Waals surface area contributed by atoms with Crippen LogP contribution in [0.5, 0.6) is 0 Å². The number of rotatable bonds is 5. The molecule has 1 aromatic rings. The average Bonchev–Trinajstić information content (AvgIpc) is 2.24. The summed E-state index contributed by atoms with van der Waals surface area (Å²) in [6.07, 6.45) is -3.50. The Morgan fingerprint density at radius 2 is 2.06 bits per heavy atom. The third kappa shape index (κ3) is 4.47. The van der Waals surface area contributed by atoms with E-state index in [-0.39, 0.29) is 5.69 Å². The molecule has 0 amide bonds. The Bertz CT molecular complexity index is 368. The molecule has 2 nitrogen and oxygen atoms in total. The topological polar surface area (TPSA) is 35.2 Å². The van der Waals surface area contributed by atoms with Crippen LogP contribution in [0, 0.1) is 0 Å². The molecule has 96 valence electrons. The van der Waals surface area contributed by atoms with Gasteiger partial charge in [-0.3, -0.25) is 0 Å². The van der Waals surface area contributed by atoms with Gasteiger partial charge in [-0.15, -0.1) is 11.8 Å². The maximum atomic E-state index is 12.4. The summed E-state index contributed by atoms with van der Waals surface area (Å²) < 4.78 is 42.0. The van der Waals surface area contributed by atoms with E-state index in [9.17, 15) is 13.2 Å². The van der Waals surface area contributed by atoms with E-state index in [4.69, 9.17) is 10.5 Å². The van der Waals surface area contributed by atoms with Crippen LogP contribution in [0.3, 0.4) is 0 Å². The maximum Gasteiger partial charge on any atom is 0.416 e. The second-order valence-corrected chi connectivity index (χ2v) is 4.58. The molecule has 0 aliphatic heterocycles. The van der Waals surface area contributed by atoms with Crippen LogP contribution in [0.1, 0.15) is 12.0 Å². The van der Waals surface area contributed by atoms with Gasteiger partial charge in [0, 0.05) is 30.1 Å². The zero-order valence-corrected chi connectivity index (χ0v) is 10.2. The Kier molecular flexibility index (Phi) is 5.14. The third-order valence-electron chi connectivity index (χ3n) is 2.09. The van der Waals surface area contributed by atoms with Gasteiger partial charge in [-0.2, -0.15) is 13.2 Å². The molecule has 2 N–H and O–H groups in total. The minimum absolute atomic E-state index is 0.169. The van der Waals surface area contributed by atoms with Crippen LogP contribution >= 0.6 is 11.8 Å². The largest absolute Gasteiger partial charge is 0.416 e. The number of thioether (sulfide) groups is 1. The molecule has 0 spiro atoms. The number of halogens is 3. The van der Waals surface area contributed by atoms with Crippen molar-refractivity contribution in [3.05, 3.63) is 23.8 Å². The van der Waals surface area contributed by atoms with E-state index >= 15 is 0 Å². The van der Waals surface area contributed by atoms with Crippen molar-refractivity contribution in [1.29, 1.82) is 0 Å². The normalized spacial score (nSPS) is 11.8. The van der Waals surface area contributed by atoms with E-state index in [1.54, 1.807) is 7.11 Å². The van der Waals surface area contributed by atoms with Crippen LogP contribution in [0.2, 0.25) is 0 Å². The number of hydrogen-bond acceptors (Lipinski definition) is 3. The predicted octanol–water partition coefficient (Wildman–Crippen LogP) is 3.42. The summed E-state index contributed by atoms with van der Waals surface area (Å²) in [4.78, 5) is 0.675. The van der Waals surface area contributed by atoms with Crippen molar-refractivity contribution >= 4 is 17.4 Å². The van der Waals surface area contributed by atoms with Gasteiger partial charge in [0.15, 0.2) is 0 Å². The van der Waals surface area contributed by atoms with Crippen LogP contribution in [-0.2, 0) is 10.9 Å². The molecule has 17 heavy (non-hydrogen) atoms. The molecule has 0 aliphatic carbocycles. The molecule has 1 aromatic carbocycles. The first-order valence-electron chi connectivity index (χ1n) is 5.03. The van der Waals surface area contributed by atoms with Crippen molar-refractivity contribution in [2.45, 2.75) is 17.5 Å². The van der Waals surface area contributed by atoms with Gasteiger partial charge in [-0.25, -0.2) is 0 Å². The maximum absolute atomic E-state index is 12.4. The summed E-state index contributed by atoms with van der Waals surface area (Å²) in [7, 11) is 1.61. The molecule has 0 aliphatic rings. The van der Waals surface area contributed by atoms with Gasteiger partial charge in [0.25, 0.3) is 0 Å². The van der Waals surface area contributed by atoms with Crippen molar-refractivity contribution < 1.29 is 17.9 Å². The number of methoxy groups -OCH3 is 1. The smallest absolute Gasteiger partial charge is 0.398 e. The van der Waals surface area contributed by atoms with Crippen LogP contribution in [-0.4, -0.2) is 19.5 Å². The van der Waals surface area contributed by atoms with Gasteiger partial charge in [0.05, 0.1) is 5.56 Å². The Labute approximate surface area is 102 Å². The fourth-order valence-corrected chi connectivity index (χ4v) is 2.11. The summed E-state index contributed by atoms with van der Waals surface area (Å²) in [6, 6.07) is 3.43. The average molecular weight is 265 g/mol. The number of alkyl halides is 3. The van der Waals surface area contributed by atoms with Gasteiger partial charge in [0.1, 0.15) is 0 Å². The zero-order valence-electron chi connectivity index (χ0n) is 9.38. The van der Waals surface area contributed by atoms with Crippen molar-refractivity contribution in [2.75, 3.05) is 25.2 Å². The van der Waals surface area contributed by atoms with Crippen LogP contribution in [0.15, 0.2) is 23.1 Å². The highest BCUT2D eigenvalue weighted by Crippen LogP contribution is 2.34. The first kappa shape index (κ1) is 14.2. The first-order chi connectivity index (χ1) is 7.95. The second-order valence-electron chi connectivity index (χ2n) is 3.45. The van der Waals surface area contributed by atoms with Crippen molar-refractivity contribution in [3.63, 3.8) is 0 Å². The van der Waals surface area contributed by atoms with E-state index in [2.05, 4.69) is 0 Å². The van der Waals surface area contributed by atoms with Crippen molar-refractivity contribution in [1.82, 2.24) is 0 Å². The number of nitrogens with two attached hydrogens (primary N) is 1. The van der Waals surface area contributed by atoms with E-state index in [0.29, 0.717) is 11.5 Å². The molecule has 0 atom stereocenters. The highest BCUT2D eigenvalue weighted by molar-refractivity contribution is 7.99. The lowest BCUT2D eigenvalue weighted by molar-refractivity contribution is -0.137. The Hall–Kier alpha value is -0.880. The van der Waals surface area contributed by atoms with Crippen molar-refractivity contribution in [2.24, 2.45) is 0 Å². The SMILES string of the molecule is COCCCSc1ccc(C(F)(F)F)cc1N. The fraction of sp³-hybridized carbons (Fsp3) is 0.455. The molecular weight excluding hydrogens is 251 g/mol. The predicted molar refractivity (Wildman–Crippen MR) is 63.1 cm³/mol. The fourth-order valence-electron chi connectivity index (χ4n) is 1.24. The first-order valence-corrected chi connectivity index (χ1v) is 6.02. The lowest BCUT2D eigenvalue weighted by Gasteiger charge is -2.10. The molecule has 0 fully saturated rings. The van der Waals surface area contributed by atoms with Crippen LogP contribution in [0.25, 0.3) is 0 Å². The summed E-state index contributed by atoms with van der Waals surface area (Å²) in [5.74, 6) is 0.767. The van der Waals surface area contributed by atoms with Gasteiger partial charge >= 0.3 is 6.18 Å². The lowest BCUT2D eigenvalue weighted by atomic mass is 10.2. The summed E-state index contributed by atoms with van der Waals surface area (Å²) in [5.41, 5.74) is 5.04. The molecule has 0 saturated heterocycles. The number of benzene rings is 1. The highest BCUT2D eigenvalue weighted by atomic mass is 32.2. The molecule has 1 rings (SSSR count). The number of anilines is 1. The van der Waals surface area contributed by atoms with Gasteiger partial charge < -0.3 is 10.5 Å². The molecule has 0 aromatic heterocycles. The van der Waals surface area contributed by atoms with E-state index in [1.165, 1.54) is 17.8 Å². The van der Waals surface area contributed by atoms with Crippen molar-refractivity contribution in [3.8, 4) is 0 Å². The zero-order chi connectivity index (χ0) is 12.9. The second kappa shape index (κ2) is 6.16. The molecule has 0 bridgehead atoms. The standard InChI is InChI=1S/C11H14F3NOS/c1-16-5-2-6-17-10-4-3-8(7-9(10)15)11(12,13)14/h3-4,7H,2,5-6,15H2,1H3.